The summed E-state index contributed by atoms with van der Waals surface area (Å²) in [4.78, 5) is 12.8. The van der Waals surface area contributed by atoms with E-state index in [0.717, 1.165) is 17.0 Å². The standard InChI is InChI=1S/C23H22ClNO2/c1-2-27-21-14-8-17(9-15-21)22(25-20-12-10-19(24)11-13-20)16-23(26)18-6-4-3-5-7-18/h3-15,22,25H,2,16H2,1H3. The van der Waals surface area contributed by atoms with Gasteiger partial charge in [-0.1, -0.05) is 54.1 Å². The first kappa shape index (κ1) is 19.0. The summed E-state index contributed by atoms with van der Waals surface area (Å²) in [6, 6.07) is 24.6. The Labute approximate surface area is 164 Å². The van der Waals surface area contributed by atoms with Crippen molar-refractivity contribution in [3.05, 3.63) is 95.0 Å². The van der Waals surface area contributed by atoms with Crippen molar-refractivity contribution in [1.29, 1.82) is 0 Å². The summed E-state index contributed by atoms with van der Waals surface area (Å²) in [5, 5.41) is 4.13. The Balaban J connectivity index is 1.83. The Morgan fingerprint density at radius 1 is 0.963 bits per heavy atom. The van der Waals surface area contributed by atoms with Crippen LogP contribution >= 0.6 is 11.6 Å². The SMILES string of the molecule is CCOc1ccc(C(CC(=O)c2ccccc2)Nc2ccc(Cl)cc2)cc1. The van der Waals surface area contributed by atoms with Crippen LogP contribution in [0.25, 0.3) is 0 Å². The van der Waals surface area contributed by atoms with Gasteiger partial charge in [0.25, 0.3) is 0 Å². The van der Waals surface area contributed by atoms with Gasteiger partial charge in [0.15, 0.2) is 5.78 Å². The van der Waals surface area contributed by atoms with E-state index in [1.807, 2.05) is 85.8 Å². The Bertz CT molecular complexity index is 861. The molecule has 0 saturated heterocycles. The summed E-state index contributed by atoms with van der Waals surface area (Å²) in [5.41, 5.74) is 2.66. The van der Waals surface area contributed by atoms with E-state index in [1.54, 1.807) is 0 Å². The quantitative estimate of drug-likeness (QED) is 0.476. The maximum atomic E-state index is 12.8. The largest absolute Gasteiger partial charge is 0.494 e. The molecule has 1 atom stereocenters. The molecule has 0 aliphatic heterocycles. The smallest absolute Gasteiger partial charge is 0.165 e. The van der Waals surface area contributed by atoms with E-state index in [-0.39, 0.29) is 11.8 Å². The monoisotopic (exact) mass is 379 g/mol. The number of hydrogen-bond donors (Lipinski definition) is 1. The first-order valence-electron chi connectivity index (χ1n) is 8.99. The van der Waals surface area contributed by atoms with Gasteiger partial charge in [-0.05, 0) is 48.9 Å². The van der Waals surface area contributed by atoms with Crippen LogP contribution in [0.2, 0.25) is 5.02 Å². The Morgan fingerprint density at radius 3 is 2.26 bits per heavy atom. The third-order valence-corrected chi connectivity index (χ3v) is 4.52. The summed E-state index contributed by atoms with van der Waals surface area (Å²) in [6.07, 6.45) is 0.348. The van der Waals surface area contributed by atoms with E-state index in [9.17, 15) is 4.79 Å². The van der Waals surface area contributed by atoms with Gasteiger partial charge in [-0.25, -0.2) is 0 Å². The van der Waals surface area contributed by atoms with Gasteiger partial charge in [0.2, 0.25) is 0 Å². The lowest BCUT2D eigenvalue weighted by Crippen LogP contribution is -2.16. The van der Waals surface area contributed by atoms with Crippen LogP contribution in [-0.4, -0.2) is 12.4 Å². The second-order valence-electron chi connectivity index (χ2n) is 6.20. The van der Waals surface area contributed by atoms with Gasteiger partial charge in [0.1, 0.15) is 5.75 Å². The molecule has 0 amide bonds. The van der Waals surface area contributed by atoms with E-state index in [2.05, 4.69) is 5.32 Å². The molecule has 0 aliphatic carbocycles. The van der Waals surface area contributed by atoms with Crippen molar-refractivity contribution < 1.29 is 9.53 Å². The molecule has 0 heterocycles. The molecule has 27 heavy (non-hydrogen) atoms. The van der Waals surface area contributed by atoms with E-state index in [0.29, 0.717) is 23.6 Å². The highest BCUT2D eigenvalue weighted by Crippen LogP contribution is 2.27. The van der Waals surface area contributed by atoms with Crippen LogP contribution in [0.15, 0.2) is 78.9 Å². The maximum Gasteiger partial charge on any atom is 0.165 e. The van der Waals surface area contributed by atoms with E-state index in [4.69, 9.17) is 16.3 Å². The van der Waals surface area contributed by atoms with Gasteiger partial charge in [0.05, 0.1) is 12.6 Å². The molecule has 3 rings (SSSR count). The minimum absolute atomic E-state index is 0.0935. The predicted octanol–water partition coefficient (Wildman–Crippen LogP) is 6.16. The molecule has 0 saturated carbocycles. The molecule has 0 aromatic heterocycles. The topological polar surface area (TPSA) is 38.3 Å². The fourth-order valence-electron chi connectivity index (χ4n) is 2.89. The van der Waals surface area contributed by atoms with Crippen molar-refractivity contribution in [3.63, 3.8) is 0 Å². The minimum atomic E-state index is -0.158. The van der Waals surface area contributed by atoms with Crippen molar-refractivity contribution >= 4 is 23.1 Å². The number of halogens is 1. The van der Waals surface area contributed by atoms with Crippen molar-refractivity contribution in [2.45, 2.75) is 19.4 Å². The number of ketones is 1. The van der Waals surface area contributed by atoms with Gasteiger partial charge in [-0.3, -0.25) is 4.79 Å². The molecule has 0 spiro atoms. The van der Waals surface area contributed by atoms with Gasteiger partial charge in [0, 0.05) is 22.7 Å². The Hall–Kier alpha value is -2.78. The van der Waals surface area contributed by atoms with Crippen LogP contribution in [0.5, 0.6) is 5.75 Å². The number of benzene rings is 3. The summed E-state index contributed by atoms with van der Waals surface area (Å²) in [7, 11) is 0. The molecule has 0 aliphatic rings. The average molecular weight is 380 g/mol. The van der Waals surface area contributed by atoms with Crippen LogP contribution in [-0.2, 0) is 0 Å². The molecular formula is C23H22ClNO2. The third kappa shape index (κ3) is 5.35. The number of nitrogens with one attached hydrogen (secondary N) is 1. The zero-order valence-corrected chi connectivity index (χ0v) is 15.9. The lowest BCUT2D eigenvalue weighted by Gasteiger charge is -2.20. The van der Waals surface area contributed by atoms with Crippen molar-refractivity contribution in [3.8, 4) is 5.75 Å². The van der Waals surface area contributed by atoms with Crippen LogP contribution in [0.1, 0.15) is 35.3 Å². The lowest BCUT2D eigenvalue weighted by atomic mass is 9.97. The van der Waals surface area contributed by atoms with Crippen LogP contribution < -0.4 is 10.1 Å². The Kier molecular flexibility index (Phi) is 6.50. The molecule has 3 nitrogen and oxygen atoms in total. The van der Waals surface area contributed by atoms with E-state index < -0.39 is 0 Å². The molecule has 3 aromatic rings. The molecule has 1 N–H and O–H groups in total. The molecule has 4 heteroatoms. The highest BCUT2D eigenvalue weighted by molar-refractivity contribution is 6.30. The summed E-state index contributed by atoms with van der Waals surface area (Å²) >= 11 is 5.98. The molecule has 0 radical (unpaired) electrons. The third-order valence-electron chi connectivity index (χ3n) is 4.26. The first-order chi connectivity index (χ1) is 13.2. The van der Waals surface area contributed by atoms with Crippen LogP contribution in [0.4, 0.5) is 5.69 Å². The predicted molar refractivity (Wildman–Crippen MR) is 111 cm³/mol. The van der Waals surface area contributed by atoms with Crippen molar-refractivity contribution in [2.75, 3.05) is 11.9 Å². The number of Topliss-reactive ketones (excluding diaryl/α,β-unsaturated/α-hetero) is 1. The van der Waals surface area contributed by atoms with Crippen LogP contribution in [0.3, 0.4) is 0 Å². The van der Waals surface area contributed by atoms with Crippen LogP contribution in [0, 0.1) is 0 Å². The number of rotatable bonds is 8. The molecular weight excluding hydrogens is 358 g/mol. The zero-order chi connectivity index (χ0) is 19.1. The molecule has 138 valence electrons. The van der Waals surface area contributed by atoms with Gasteiger partial charge in [-0.15, -0.1) is 0 Å². The minimum Gasteiger partial charge on any atom is -0.494 e. The van der Waals surface area contributed by atoms with Crippen molar-refractivity contribution in [2.24, 2.45) is 0 Å². The highest BCUT2D eigenvalue weighted by Gasteiger charge is 2.17. The van der Waals surface area contributed by atoms with Crippen molar-refractivity contribution in [1.82, 2.24) is 0 Å². The van der Waals surface area contributed by atoms with Gasteiger partial charge < -0.3 is 10.1 Å². The average Bonchev–Trinajstić information content (AvgIpc) is 2.70. The fourth-order valence-corrected chi connectivity index (χ4v) is 3.02. The number of carbonyl (C=O) groups excluding carboxylic acids is 1. The number of ether oxygens (including phenoxy) is 1. The normalized spacial score (nSPS) is 11.6. The maximum absolute atomic E-state index is 12.8. The summed E-state index contributed by atoms with van der Waals surface area (Å²) < 4.78 is 5.52. The second kappa shape index (κ2) is 9.24. The summed E-state index contributed by atoms with van der Waals surface area (Å²) in [5.74, 6) is 0.914. The summed E-state index contributed by atoms with van der Waals surface area (Å²) in [6.45, 7) is 2.58. The lowest BCUT2D eigenvalue weighted by molar-refractivity contribution is 0.0976. The fraction of sp³-hybridized carbons (Fsp3) is 0.174. The van der Waals surface area contributed by atoms with E-state index in [1.165, 1.54) is 0 Å². The zero-order valence-electron chi connectivity index (χ0n) is 15.2. The molecule has 3 aromatic carbocycles. The first-order valence-corrected chi connectivity index (χ1v) is 9.36. The number of carbonyl (C=O) groups is 1. The van der Waals surface area contributed by atoms with E-state index >= 15 is 0 Å². The van der Waals surface area contributed by atoms with Gasteiger partial charge in [-0.2, -0.15) is 0 Å². The highest BCUT2D eigenvalue weighted by atomic mass is 35.5. The number of anilines is 1. The molecule has 0 fully saturated rings. The molecule has 0 bridgehead atoms. The van der Waals surface area contributed by atoms with Gasteiger partial charge >= 0.3 is 0 Å². The molecule has 1 unspecified atom stereocenters. The Morgan fingerprint density at radius 2 is 1.63 bits per heavy atom. The second-order valence-corrected chi connectivity index (χ2v) is 6.64. The number of hydrogen-bond acceptors (Lipinski definition) is 3.